The Morgan fingerprint density at radius 2 is 1.74 bits per heavy atom. The number of H-pyrrole nitrogens is 1. The van der Waals surface area contributed by atoms with E-state index in [-0.39, 0.29) is 35.4 Å². The van der Waals surface area contributed by atoms with E-state index in [0.29, 0.717) is 22.5 Å². The number of hydrogen-bond donors (Lipinski definition) is 4. The number of aromatic nitrogens is 2. The molecule has 0 aliphatic rings. The molecule has 0 aliphatic carbocycles. The summed E-state index contributed by atoms with van der Waals surface area (Å²) in [6.45, 7) is 4.26. The number of nitrogens with zero attached hydrogens (tertiary/aromatic N) is 1. The third-order valence-corrected chi connectivity index (χ3v) is 6.63. The highest BCUT2D eigenvalue weighted by Gasteiger charge is 2.27. The Morgan fingerprint density at radius 3 is 2.38 bits per heavy atom. The summed E-state index contributed by atoms with van der Waals surface area (Å²) in [6, 6.07) is 15.4. The second-order valence-electron chi connectivity index (χ2n) is 9.39. The average Bonchev–Trinajstić information content (AvgIpc) is 3.15. The average molecular weight is 570 g/mol. The van der Waals surface area contributed by atoms with Crippen LogP contribution < -0.4 is 20.9 Å². The molecular weight excluding hydrogens is 542 g/mol. The molecule has 3 amide bonds. The SMILES string of the molecule is CC(C)NC(=O)NCc1ccc(Cn2c(C(=O)NS(C)(=O)=O)c(-c3ccc[nH]c3=O)c3cc(Cl)ccc32)cc1. The molecule has 4 N–H and O–H groups in total. The summed E-state index contributed by atoms with van der Waals surface area (Å²) in [5.41, 5.74) is 2.30. The Balaban J connectivity index is 1.80. The van der Waals surface area contributed by atoms with E-state index in [1.807, 2.05) is 42.8 Å². The second-order valence-corrected chi connectivity index (χ2v) is 11.6. The van der Waals surface area contributed by atoms with Gasteiger partial charge in [0.1, 0.15) is 5.69 Å². The van der Waals surface area contributed by atoms with Gasteiger partial charge in [-0.1, -0.05) is 35.9 Å². The molecule has 0 saturated carbocycles. The van der Waals surface area contributed by atoms with E-state index >= 15 is 0 Å². The Bertz CT molecular complexity index is 1710. The van der Waals surface area contributed by atoms with Crippen LogP contribution in [0.25, 0.3) is 22.0 Å². The van der Waals surface area contributed by atoms with Crippen LogP contribution in [0.3, 0.4) is 0 Å². The molecule has 2 aromatic carbocycles. The first-order valence-corrected chi connectivity index (χ1v) is 14.3. The number of amides is 3. The molecule has 4 rings (SSSR count). The Morgan fingerprint density at radius 1 is 1.05 bits per heavy atom. The summed E-state index contributed by atoms with van der Waals surface area (Å²) in [4.78, 5) is 40.7. The van der Waals surface area contributed by atoms with Crippen LogP contribution in [0.15, 0.2) is 65.6 Å². The summed E-state index contributed by atoms with van der Waals surface area (Å²) in [5.74, 6) is -0.875. The minimum atomic E-state index is -3.91. The predicted molar refractivity (Wildman–Crippen MR) is 151 cm³/mol. The highest BCUT2D eigenvalue weighted by atomic mass is 35.5. The van der Waals surface area contributed by atoms with E-state index in [1.165, 1.54) is 6.20 Å². The van der Waals surface area contributed by atoms with E-state index in [0.717, 1.165) is 17.4 Å². The zero-order valence-corrected chi connectivity index (χ0v) is 23.1. The van der Waals surface area contributed by atoms with Crippen molar-refractivity contribution in [3.8, 4) is 11.1 Å². The Kier molecular flexibility index (Phi) is 8.12. The monoisotopic (exact) mass is 569 g/mol. The van der Waals surface area contributed by atoms with Gasteiger partial charge in [-0.3, -0.25) is 9.59 Å². The molecule has 4 aromatic rings. The molecule has 2 heterocycles. The van der Waals surface area contributed by atoms with Gasteiger partial charge >= 0.3 is 6.03 Å². The molecule has 2 aromatic heterocycles. The number of carbonyl (C=O) groups is 2. The molecule has 39 heavy (non-hydrogen) atoms. The van der Waals surface area contributed by atoms with Gasteiger partial charge in [0, 0.05) is 52.4 Å². The number of halogens is 1. The van der Waals surface area contributed by atoms with Crippen molar-refractivity contribution in [3.05, 3.63) is 93.0 Å². The minimum Gasteiger partial charge on any atom is -0.336 e. The number of nitrogens with one attached hydrogen (secondary N) is 4. The first kappa shape index (κ1) is 27.9. The van der Waals surface area contributed by atoms with Crippen molar-refractivity contribution in [1.29, 1.82) is 0 Å². The van der Waals surface area contributed by atoms with Crippen LogP contribution in [-0.2, 0) is 23.1 Å². The molecule has 0 spiro atoms. The van der Waals surface area contributed by atoms with Gasteiger partial charge in [0.25, 0.3) is 11.5 Å². The molecule has 0 bridgehead atoms. The lowest BCUT2D eigenvalue weighted by Gasteiger charge is -2.13. The van der Waals surface area contributed by atoms with Crippen molar-refractivity contribution in [2.24, 2.45) is 0 Å². The minimum absolute atomic E-state index is 0.00508. The lowest BCUT2D eigenvalue weighted by molar-refractivity contribution is 0.0974. The lowest BCUT2D eigenvalue weighted by atomic mass is 10.0. The fraction of sp³-hybridized carbons (Fsp3) is 0.222. The number of hydrogen-bond acceptors (Lipinski definition) is 5. The number of rotatable bonds is 8. The molecule has 0 saturated heterocycles. The summed E-state index contributed by atoms with van der Waals surface area (Å²) in [5, 5.41) is 6.47. The van der Waals surface area contributed by atoms with Crippen molar-refractivity contribution >= 4 is 44.5 Å². The standard InChI is InChI=1S/C27H28ClN5O5S/c1-16(2)31-27(36)30-14-17-6-8-18(9-7-17)15-33-22-11-10-19(28)13-21(22)23(20-5-4-12-29-25(20)34)24(33)26(35)32-39(3,37)38/h4-13,16H,14-15H2,1-3H3,(H,29,34)(H,32,35)(H2,30,31,36). The summed E-state index contributed by atoms with van der Waals surface area (Å²) in [6.07, 6.45) is 2.36. The van der Waals surface area contributed by atoms with Crippen molar-refractivity contribution in [2.75, 3.05) is 6.26 Å². The number of aromatic amines is 1. The summed E-state index contributed by atoms with van der Waals surface area (Å²) >= 11 is 6.30. The molecule has 0 aliphatic heterocycles. The van der Waals surface area contributed by atoms with Crippen LogP contribution in [0.1, 0.15) is 35.5 Å². The molecule has 0 radical (unpaired) electrons. The van der Waals surface area contributed by atoms with E-state index in [4.69, 9.17) is 11.6 Å². The first-order chi connectivity index (χ1) is 18.4. The highest BCUT2D eigenvalue weighted by Crippen LogP contribution is 2.36. The summed E-state index contributed by atoms with van der Waals surface area (Å²) < 4.78 is 27.7. The third kappa shape index (κ3) is 6.68. The highest BCUT2D eigenvalue weighted by molar-refractivity contribution is 7.89. The first-order valence-electron chi connectivity index (χ1n) is 12.1. The molecule has 0 unspecified atom stereocenters. The fourth-order valence-corrected chi connectivity index (χ4v) is 4.88. The Hall–Kier alpha value is -4.09. The third-order valence-electron chi connectivity index (χ3n) is 5.84. The quantitative estimate of drug-likeness (QED) is 0.256. The lowest BCUT2D eigenvalue weighted by Crippen LogP contribution is -2.39. The maximum atomic E-state index is 13.4. The Labute approximate surface area is 230 Å². The zero-order valence-electron chi connectivity index (χ0n) is 21.5. The molecule has 204 valence electrons. The van der Waals surface area contributed by atoms with Gasteiger partial charge in [0.05, 0.1) is 6.26 Å². The van der Waals surface area contributed by atoms with Gasteiger partial charge in [-0.2, -0.15) is 0 Å². The van der Waals surface area contributed by atoms with Crippen molar-refractivity contribution in [1.82, 2.24) is 24.9 Å². The van der Waals surface area contributed by atoms with Crippen LogP contribution in [0.2, 0.25) is 5.02 Å². The molecule has 12 heteroatoms. The fourth-order valence-electron chi connectivity index (χ4n) is 4.28. The van der Waals surface area contributed by atoms with Gasteiger partial charge in [-0.25, -0.2) is 17.9 Å². The smallest absolute Gasteiger partial charge is 0.315 e. The number of urea groups is 1. The van der Waals surface area contributed by atoms with E-state index in [1.54, 1.807) is 34.9 Å². The largest absolute Gasteiger partial charge is 0.336 e. The molecule has 0 fully saturated rings. The van der Waals surface area contributed by atoms with Crippen LogP contribution >= 0.6 is 11.6 Å². The number of carbonyl (C=O) groups excluding carboxylic acids is 2. The number of sulfonamides is 1. The van der Waals surface area contributed by atoms with Gasteiger partial charge in [-0.05, 0) is 55.3 Å². The number of fused-ring (bicyclic) bond motifs is 1. The normalized spacial score (nSPS) is 11.5. The van der Waals surface area contributed by atoms with E-state index in [2.05, 4.69) is 15.6 Å². The van der Waals surface area contributed by atoms with Gasteiger partial charge in [0.2, 0.25) is 10.0 Å². The maximum Gasteiger partial charge on any atom is 0.315 e. The van der Waals surface area contributed by atoms with E-state index in [9.17, 15) is 22.8 Å². The van der Waals surface area contributed by atoms with Crippen molar-refractivity contribution < 1.29 is 18.0 Å². The second kappa shape index (κ2) is 11.3. The maximum absolute atomic E-state index is 13.4. The molecular formula is C27H28ClN5O5S. The van der Waals surface area contributed by atoms with E-state index < -0.39 is 21.5 Å². The molecule has 10 nitrogen and oxygen atoms in total. The van der Waals surface area contributed by atoms with Crippen molar-refractivity contribution in [2.45, 2.75) is 33.0 Å². The number of benzene rings is 2. The van der Waals surface area contributed by atoms with Crippen LogP contribution in [0, 0.1) is 0 Å². The predicted octanol–water partition coefficient (Wildman–Crippen LogP) is 3.60. The molecule has 0 atom stereocenters. The zero-order chi connectivity index (χ0) is 28.3. The van der Waals surface area contributed by atoms with Gasteiger partial charge < -0.3 is 20.2 Å². The summed E-state index contributed by atoms with van der Waals surface area (Å²) in [7, 11) is -3.91. The van der Waals surface area contributed by atoms with Crippen LogP contribution in [-0.4, -0.2) is 42.2 Å². The van der Waals surface area contributed by atoms with Crippen LogP contribution in [0.5, 0.6) is 0 Å². The van der Waals surface area contributed by atoms with Crippen molar-refractivity contribution in [3.63, 3.8) is 0 Å². The van der Waals surface area contributed by atoms with Crippen LogP contribution in [0.4, 0.5) is 4.79 Å². The number of pyridine rings is 1. The van der Waals surface area contributed by atoms with Gasteiger partial charge in [-0.15, -0.1) is 0 Å². The topological polar surface area (TPSA) is 142 Å². The van der Waals surface area contributed by atoms with Gasteiger partial charge in [0.15, 0.2) is 0 Å².